The zero-order valence-electron chi connectivity index (χ0n) is 21.9. The molecule has 0 unspecified atom stereocenters. The minimum absolute atomic E-state index is 0.0271. The number of alkyl halides is 3. The standard InChI is InChI=1S/C23H22Cl2N6O4S.C2HF3O2/c24-16-4-2-5-17(20(16)25)36(33,34)15-7-10-23(11-8-15,21-30-31-22(32)35-21)13-14-3-1-6-18(27-14)28-19-9-12-26-29-19;3-2(4,5)1(6)7/h1-6,9,12,15H,7-8,10-11,13H2,(H,31,32)(H2,26,27,28,29);(H,6,7)/t15-,23-;. The van der Waals surface area contributed by atoms with Crippen LogP contribution in [0.25, 0.3) is 0 Å². The number of nitrogens with one attached hydrogen (secondary N) is 3. The molecule has 0 radical (unpaired) electrons. The van der Waals surface area contributed by atoms with Crippen LogP contribution in [0.15, 0.2) is 62.8 Å². The molecule has 0 saturated heterocycles. The number of carbonyl (C=O) groups is 1. The maximum atomic E-state index is 13.4. The third-order valence-corrected chi connectivity index (χ3v) is 10.0. The van der Waals surface area contributed by atoms with Gasteiger partial charge in [0.05, 0.1) is 25.6 Å². The minimum atomic E-state index is -5.08. The Balaban J connectivity index is 0.000000541. The summed E-state index contributed by atoms with van der Waals surface area (Å²) in [4.78, 5) is 25.4. The van der Waals surface area contributed by atoms with E-state index in [9.17, 15) is 26.4 Å². The molecule has 3 heterocycles. The Hall–Kier alpha value is -3.89. The lowest BCUT2D eigenvalue weighted by atomic mass is 9.70. The number of halogens is 5. The minimum Gasteiger partial charge on any atom is -0.475 e. The van der Waals surface area contributed by atoms with E-state index in [4.69, 9.17) is 37.5 Å². The fourth-order valence-corrected chi connectivity index (χ4v) is 7.24. The summed E-state index contributed by atoms with van der Waals surface area (Å²) < 4.78 is 63.9. The molecule has 12 nitrogen and oxygen atoms in total. The number of hydrogen-bond donors (Lipinski definition) is 4. The van der Waals surface area contributed by atoms with Gasteiger partial charge in [-0.05, 0) is 49.9 Å². The highest BCUT2D eigenvalue weighted by atomic mass is 35.5. The van der Waals surface area contributed by atoms with Gasteiger partial charge in [0.25, 0.3) is 0 Å². The largest absolute Gasteiger partial charge is 0.490 e. The molecule has 5 rings (SSSR count). The smallest absolute Gasteiger partial charge is 0.475 e. The van der Waals surface area contributed by atoms with Crippen molar-refractivity contribution in [1.29, 1.82) is 0 Å². The van der Waals surface area contributed by atoms with Crippen molar-refractivity contribution in [3.63, 3.8) is 0 Å². The molecule has 18 heteroatoms. The van der Waals surface area contributed by atoms with Crippen molar-refractivity contribution in [1.82, 2.24) is 25.4 Å². The van der Waals surface area contributed by atoms with Crippen LogP contribution in [-0.2, 0) is 26.5 Å². The van der Waals surface area contributed by atoms with E-state index in [1.165, 1.54) is 6.07 Å². The maximum absolute atomic E-state index is 13.4. The van der Waals surface area contributed by atoms with Gasteiger partial charge in [0, 0.05) is 24.4 Å². The summed E-state index contributed by atoms with van der Waals surface area (Å²) in [5.74, 6) is -1.95. The average Bonchev–Trinajstić information content (AvgIpc) is 3.62. The van der Waals surface area contributed by atoms with Crippen molar-refractivity contribution < 1.29 is 35.9 Å². The molecule has 230 valence electrons. The monoisotopic (exact) mass is 662 g/mol. The van der Waals surface area contributed by atoms with Crippen molar-refractivity contribution in [2.75, 3.05) is 5.32 Å². The Morgan fingerprint density at radius 3 is 2.35 bits per heavy atom. The van der Waals surface area contributed by atoms with Gasteiger partial charge in [0.2, 0.25) is 5.89 Å². The molecule has 4 aromatic rings. The van der Waals surface area contributed by atoms with Gasteiger partial charge in [-0.1, -0.05) is 35.3 Å². The number of aromatic nitrogens is 5. The number of H-pyrrole nitrogens is 2. The molecule has 1 saturated carbocycles. The number of carboxylic acids is 1. The molecular weight excluding hydrogens is 640 g/mol. The van der Waals surface area contributed by atoms with Crippen LogP contribution in [0.5, 0.6) is 0 Å². The zero-order chi connectivity index (χ0) is 31.4. The third-order valence-electron chi connectivity index (χ3n) is 6.77. The summed E-state index contributed by atoms with van der Waals surface area (Å²) in [5, 5.41) is 23.1. The number of rotatable bonds is 7. The van der Waals surface area contributed by atoms with Crippen molar-refractivity contribution in [2.45, 2.75) is 53.8 Å². The summed E-state index contributed by atoms with van der Waals surface area (Å²) >= 11 is 12.3. The number of benzene rings is 1. The maximum Gasteiger partial charge on any atom is 0.490 e. The van der Waals surface area contributed by atoms with Gasteiger partial charge in [-0.25, -0.2) is 28.1 Å². The second-order valence-corrected chi connectivity index (χ2v) is 12.6. The van der Waals surface area contributed by atoms with Crippen molar-refractivity contribution >= 4 is 50.6 Å². The van der Waals surface area contributed by atoms with Gasteiger partial charge in [0.1, 0.15) is 5.82 Å². The molecule has 0 spiro atoms. The summed E-state index contributed by atoms with van der Waals surface area (Å²) in [6.45, 7) is 0. The second-order valence-electron chi connectivity index (χ2n) is 9.57. The highest BCUT2D eigenvalue weighted by Crippen LogP contribution is 2.44. The van der Waals surface area contributed by atoms with Gasteiger partial charge in [0.15, 0.2) is 15.7 Å². The number of carboxylic acid groups (broad SMARTS) is 1. The Kier molecular flexibility index (Phi) is 9.51. The highest BCUT2D eigenvalue weighted by molar-refractivity contribution is 7.92. The fourth-order valence-electron chi connectivity index (χ4n) is 4.72. The van der Waals surface area contributed by atoms with E-state index in [0.29, 0.717) is 43.7 Å². The van der Waals surface area contributed by atoms with Crippen molar-refractivity contribution in [3.8, 4) is 0 Å². The Morgan fingerprint density at radius 1 is 1.09 bits per heavy atom. The molecular formula is C25H23Cl2F3N6O6S. The summed E-state index contributed by atoms with van der Waals surface area (Å²) in [6.07, 6.45) is -1.49. The van der Waals surface area contributed by atoms with Crippen LogP contribution in [-0.4, -0.2) is 56.3 Å². The van der Waals surface area contributed by atoms with Gasteiger partial charge in [-0.3, -0.25) is 5.10 Å². The average molecular weight is 663 g/mol. The number of nitrogens with zero attached hydrogens (tertiary/aromatic N) is 3. The summed E-state index contributed by atoms with van der Waals surface area (Å²) in [7, 11) is -3.72. The molecule has 3 aromatic heterocycles. The van der Waals surface area contributed by atoms with Gasteiger partial charge in [-0.2, -0.15) is 18.3 Å². The molecule has 0 atom stereocenters. The molecule has 4 N–H and O–H groups in total. The van der Waals surface area contributed by atoms with E-state index in [0.717, 1.165) is 5.69 Å². The first-order chi connectivity index (χ1) is 20.2. The van der Waals surface area contributed by atoms with Gasteiger partial charge >= 0.3 is 17.9 Å². The lowest BCUT2D eigenvalue weighted by Crippen LogP contribution is -2.39. The number of anilines is 2. The van der Waals surface area contributed by atoms with E-state index in [-0.39, 0.29) is 20.8 Å². The molecule has 0 bridgehead atoms. The number of sulfone groups is 1. The number of aliphatic carboxylic acids is 1. The molecule has 1 aliphatic rings. The first-order valence-electron chi connectivity index (χ1n) is 12.5. The van der Waals surface area contributed by atoms with Crippen molar-refractivity contribution in [2.24, 2.45) is 0 Å². The van der Waals surface area contributed by atoms with E-state index in [1.807, 2.05) is 18.2 Å². The van der Waals surface area contributed by atoms with E-state index in [1.54, 1.807) is 24.4 Å². The number of aromatic amines is 2. The zero-order valence-corrected chi connectivity index (χ0v) is 24.2. The van der Waals surface area contributed by atoms with Crippen LogP contribution < -0.4 is 11.1 Å². The molecule has 1 aromatic carbocycles. The molecule has 0 aliphatic heterocycles. The molecule has 0 amide bonds. The third kappa shape index (κ3) is 7.55. The second kappa shape index (κ2) is 12.8. The van der Waals surface area contributed by atoms with Crippen LogP contribution in [0, 0.1) is 0 Å². The van der Waals surface area contributed by atoms with Crippen LogP contribution >= 0.6 is 23.2 Å². The lowest BCUT2D eigenvalue weighted by molar-refractivity contribution is -0.192. The van der Waals surface area contributed by atoms with Crippen molar-refractivity contribution in [3.05, 3.63) is 80.8 Å². The predicted molar refractivity (Wildman–Crippen MR) is 148 cm³/mol. The molecule has 43 heavy (non-hydrogen) atoms. The molecule has 1 fully saturated rings. The summed E-state index contributed by atoms with van der Waals surface area (Å²) in [5.41, 5.74) is 0.0294. The Morgan fingerprint density at radius 2 is 1.77 bits per heavy atom. The van der Waals surface area contributed by atoms with Crippen LogP contribution in [0.3, 0.4) is 0 Å². The Bertz CT molecular complexity index is 1740. The van der Waals surface area contributed by atoms with Gasteiger partial charge in [-0.15, -0.1) is 5.10 Å². The number of pyridine rings is 1. The normalized spacial score (nSPS) is 18.9. The predicted octanol–water partition coefficient (Wildman–Crippen LogP) is 5.06. The first-order valence-corrected chi connectivity index (χ1v) is 14.8. The van der Waals surface area contributed by atoms with E-state index < -0.39 is 38.4 Å². The SMILES string of the molecule is O=C(O)C(F)(F)F.O=c1[nH]nc([C@]2(Cc3cccc(Nc4cc[nH]n4)n3)CC[C@@H](S(=O)(=O)c3cccc(Cl)c3Cl)CC2)o1. The van der Waals surface area contributed by atoms with Gasteiger partial charge < -0.3 is 14.8 Å². The summed E-state index contributed by atoms with van der Waals surface area (Å²) in [6, 6.07) is 11.9. The Labute approximate surface area is 251 Å². The highest BCUT2D eigenvalue weighted by Gasteiger charge is 2.45. The van der Waals surface area contributed by atoms with E-state index in [2.05, 4.69) is 30.7 Å². The lowest BCUT2D eigenvalue weighted by Gasteiger charge is -2.37. The van der Waals surface area contributed by atoms with Crippen LogP contribution in [0.1, 0.15) is 37.3 Å². The van der Waals surface area contributed by atoms with Crippen LogP contribution in [0.2, 0.25) is 10.0 Å². The number of hydrogen-bond acceptors (Lipinski definition) is 9. The van der Waals surface area contributed by atoms with Crippen LogP contribution in [0.4, 0.5) is 24.8 Å². The van der Waals surface area contributed by atoms with E-state index >= 15 is 0 Å². The first kappa shape index (κ1) is 32.0. The molecule has 1 aliphatic carbocycles. The quantitative estimate of drug-likeness (QED) is 0.208. The topological polar surface area (TPSA) is 184 Å². The fraction of sp³-hybridized carbons (Fsp3) is 0.320.